The quantitative estimate of drug-likeness (QED) is 0.607. The molecule has 0 aliphatic carbocycles. The minimum Gasteiger partial charge on any atom is -0.359 e. The third kappa shape index (κ3) is 4.29. The van der Waals surface area contributed by atoms with Gasteiger partial charge in [0.1, 0.15) is 0 Å². The van der Waals surface area contributed by atoms with Gasteiger partial charge in [-0.25, -0.2) is 8.42 Å². The molecule has 0 fully saturated rings. The number of sulfonamides is 1. The molecule has 2 N–H and O–H groups in total. The second kappa shape index (κ2) is 7.09. The first-order chi connectivity index (χ1) is 11.3. The van der Waals surface area contributed by atoms with Crippen LogP contribution in [0.25, 0.3) is 0 Å². The van der Waals surface area contributed by atoms with Crippen LogP contribution in [0.3, 0.4) is 0 Å². The van der Waals surface area contributed by atoms with Crippen LogP contribution in [-0.2, 0) is 21.2 Å². The van der Waals surface area contributed by atoms with Gasteiger partial charge in [0.2, 0.25) is 5.91 Å². The number of nitrogens with one attached hydrogen (secondary N) is 2. The summed E-state index contributed by atoms with van der Waals surface area (Å²) in [5.41, 5.74) is 0.883. The number of nitro benzene ring substituents is 1. The first kappa shape index (κ1) is 17.4. The van der Waals surface area contributed by atoms with E-state index in [4.69, 9.17) is 0 Å². The topological polar surface area (TPSA) is 118 Å². The van der Waals surface area contributed by atoms with E-state index in [1.165, 1.54) is 19.2 Å². The van der Waals surface area contributed by atoms with E-state index in [0.29, 0.717) is 5.69 Å². The predicted molar refractivity (Wildman–Crippen MR) is 88.1 cm³/mol. The second-order valence-corrected chi connectivity index (χ2v) is 6.59. The smallest absolute Gasteiger partial charge is 0.269 e. The van der Waals surface area contributed by atoms with Gasteiger partial charge in [-0.15, -0.1) is 0 Å². The highest BCUT2D eigenvalue weighted by atomic mass is 32.2. The fraction of sp³-hybridized carbons (Fsp3) is 0.133. The molecule has 0 heterocycles. The van der Waals surface area contributed by atoms with E-state index in [0.717, 1.165) is 17.7 Å². The molecule has 0 bridgehead atoms. The number of benzene rings is 2. The van der Waals surface area contributed by atoms with Crippen LogP contribution < -0.4 is 10.0 Å². The Hall–Kier alpha value is -2.94. The Labute approximate surface area is 138 Å². The lowest BCUT2D eigenvalue weighted by Gasteiger charge is -2.09. The number of amides is 1. The molecule has 2 aromatic rings. The average Bonchev–Trinajstić information content (AvgIpc) is 2.56. The summed E-state index contributed by atoms with van der Waals surface area (Å²) >= 11 is 0. The summed E-state index contributed by atoms with van der Waals surface area (Å²) in [6, 6.07) is 11.0. The molecule has 0 saturated heterocycles. The molecule has 0 aromatic heterocycles. The van der Waals surface area contributed by atoms with Crippen molar-refractivity contribution in [2.45, 2.75) is 11.3 Å². The fourth-order valence-electron chi connectivity index (χ4n) is 1.93. The molecule has 126 valence electrons. The molecule has 0 unspecified atom stereocenters. The molecule has 0 atom stereocenters. The number of carbonyl (C=O) groups excluding carboxylic acids is 1. The molecule has 0 aliphatic heterocycles. The Balaban J connectivity index is 2.13. The summed E-state index contributed by atoms with van der Waals surface area (Å²) in [5, 5.41) is 13.1. The van der Waals surface area contributed by atoms with Crippen LogP contribution >= 0.6 is 0 Å². The van der Waals surface area contributed by atoms with Gasteiger partial charge < -0.3 is 5.32 Å². The maximum Gasteiger partial charge on any atom is 0.269 e. The standard InChI is InChI=1S/C15H15N3O5S/c1-16-15(19)10-11-2-4-12(5-3-11)17-24(22,23)14-8-6-13(7-9-14)18(20)21/h2-9,17H,10H2,1H3,(H,16,19). The van der Waals surface area contributed by atoms with Crippen LogP contribution in [-0.4, -0.2) is 26.3 Å². The predicted octanol–water partition coefficient (Wildman–Crippen LogP) is 1.68. The molecule has 8 nitrogen and oxygen atoms in total. The van der Waals surface area contributed by atoms with Crippen molar-refractivity contribution < 1.29 is 18.1 Å². The molecule has 9 heteroatoms. The highest BCUT2D eigenvalue weighted by Gasteiger charge is 2.16. The van der Waals surface area contributed by atoms with Gasteiger partial charge in [0, 0.05) is 24.9 Å². The SMILES string of the molecule is CNC(=O)Cc1ccc(NS(=O)(=O)c2ccc([N+](=O)[O-])cc2)cc1. The van der Waals surface area contributed by atoms with Gasteiger partial charge in [-0.05, 0) is 29.8 Å². The van der Waals surface area contributed by atoms with Gasteiger partial charge in [-0.1, -0.05) is 12.1 Å². The molecule has 0 spiro atoms. The minimum atomic E-state index is -3.85. The Morgan fingerprint density at radius 3 is 2.17 bits per heavy atom. The van der Waals surface area contributed by atoms with Crippen molar-refractivity contribution in [3.05, 3.63) is 64.2 Å². The zero-order valence-corrected chi connectivity index (χ0v) is 13.5. The lowest BCUT2D eigenvalue weighted by atomic mass is 10.1. The van der Waals surface area contributed by atoms with E-state index in [2.05, 4.69) is 10.0 Å². The lowest BCUT2D eigenvalue weighted by Crippen LogP contribution is -2.19. The van der Waals surface area contributed by atoms with Crippen molar-refractivity contribution in [3.8, 4) is 0 Å². The average molecular weight is 349 g/mol. The zero-order valence-electron chi connectivity index (χ0n) is 12.7. The Bertz CT molecular complexity index is 846. The first-order valence-electron chi connectivity index (χ1n) is 6.88. The van der Waals surface area contributed by atoms with Crippen molar-refractivity contribution in [1.29, 1.82) is 0 Å². The van der Waals surface area contributed by atoms with Crippen LogP contribution in [0, 0.1) is 10.1 Å². The van der Waals surface area contributed by atoms with E-state index in [-0.39, 0.29) is 22.9 Å². The number of nitro groups is 1. The highest BCUT2D eigenvalue weighted by Crippen LogP contribution is 2.19. The Morgan fingerprint density at radius 2 is 1.67 bits per heavy atom. The lowest BCUT2D eigenvalue weighted by molar-refractivity contribution is -0.384. The van der Waals surface area contributed by atoms with E-state index >= 15 is 0 Å². The normalized spacial score (nSPS) is 10.9. The summed E-state index contributed by atoms with van der Waals surface area (Å²) in [4.78, 5) is 21.2. The van der Waals surface area contributed by atoms with Crippen LogP contribution in [0.15, 0.2) is 53.4 Å². The molecule has 1 amide bonds. The van der Waals surface area contributed by atoms with Crippen LogP contribution in [0.5, 0.6) is 0 Å². The van der Waals surface area contributed by atoms with E-state index in [1.54, 1.807) is 24.3 Å². The number of non-ortho nitro benzene ring substituents is 1. The van der Waals surface area contributed by atoms with Crippen molar-refractivity contribution in [1.82, 2.24) is 5.32 Å². The van der Waals surface area contributed by atoms with Gasteiger partial charge in [0.15, 0.2) is 0 Å². The summed E-state index contributed by atoms with van der Waals surface area (Å²) in [5.74, 6) is -0.144. The number of anilines is 1. The third-order valence-corrected chi connectivity index (χ3v) is 4.60. The van der Waals surface area contributed by atoms with Crippen molar-refractivity contribution in [3.63, 3.8) is 0 Å². The summed E-state index contributed by atoms with van der Waals surface area (Å²) < 4.78 is 26.9. The van der Waals surface area contributed by atoms with E-state index in [9.17, 15) is 23.3 Å². The van der Waals surface area contributed by atoms with Crippen LogP contribution in [0.4, 0.5) is 11.4 Å². The van der Waals surface area contributed by atoms with E-state index in [1.807, 2.05) is 0 Å². The number of hydrogen-bond acceptors (Lipinski definition) is 5. The van der Waals surface area contributed by atoms with Gasteiger partial charge in [0.25, 0.3) is 15.7 Å². The molecular weight excluding hydrogens is 334 g/mol. The maximum atomic E-state index is 12.2. The zero-order chi connectivity index (χ0) is 17.7. The van der Waals surface area contributed by atoms with Gasteiger partial charge in [0.05, 0.1) is 16.2 Å². The number of likely N-dealkylation sites (N-methyl/N-ethyl adjacent to an activating group) is 1. The van der Waals surface area contributed by atoms with Crippen molar-refractivity contribution in [2.24, 2.45) is 0 Å². The van der Waals surface area contributed by atoms with Gasteiger partial charge >= 0.3 is 0 Å². The molecule has 0 aliphatic rings. The molecule has 2 aromatic carbocycles. The largest absolute Gasteiger partial charge is 0.359 e. The third-order valence-electron chi connectivity index (χ3n) is 3.21. The summed E-state index contributed by atoms with van der Waals surface area (Å²) in [7, 11) is -2.31. The second-order valence-electron chi connectivity index (χ2n) is 4.90. The van der Waals surface area contributed by atoms with Crippen LogP contribution in [0.1, 0.15) is 5.56 Å². The highest BCUT2D eigenvalue weighted by molar-refractivity contribution is 7.92. The van der Waals surface area contributed by atoms with Crippen molar-refractivity contribution in [2.75, 3.05) is 11.8 Å². The fourth-order valence-corrected chi connectivity index (χ4v) is 2.98. The number of carbonyl (C=O) groups is 1. The van der Waals surface area contributed by atoms with Gasteiger partial charge in [-0.2, -0.15) is 0 Å². The summed E-state index contributed by atoms with van der Waals surface area (Å²) in [6.07, 6.45) is 0.200. The minimum absolute atomic E-state index is 0.0810. The van der Waals surface area contributed by atoms with Crippen molar-refractivity contribution >= 4 is 27.3 Å². The monoisotopic (exact) mass is 349 g/mol. The molecule has 0 radical (unpaired) electrons. The number of hydrogen-bond donors (Lipinski definition) is 2. The van der Waals surface area contributed by atoms with Gasteiger partial charge in [-0.3, -0.25) is 19.6 Å². The van der Waals surface area contributed by atoms with Crippen LogP contribution in [0.2, 0.25) is 0 Å². The Morgan fingerprint density at radius 1 is 1.08 bits per heavy atom. The van der Waals surface area contributed by atoms with E-state index < -0.39 is 14.9 Å². The first-order valence-corrected chi connectivity index (χ1v) is 8.37. The molecule has 0 saturated carbocycles. The summed E-state index contributed by atoms with van der Waals surface area (Å²) in [6.45, 7) is 0. The molecule has 2 rings (SSSR count). The maximum absolute atomic E-state index is 12.2. The molecular formula is C15H15N3O5S. The Kier molecular flexibility index (Phi) is 5.14. The molecule has 24 heavy (non-hydrogen) atoms. The number of nitrogens with zero attached hydrogens (tertiary/aromatic N) is 1. The number of rotatable bonds is 6.